The summed E-state index contributed by atoms with van der Waals surface area (Å²) in [4.78, 5) is 37.8. The van der Waals surface area contributed by atoms with E-state index in [1.54, 1.807) is 52.0 Å². The smallest absolute Gasteiger partial charge is 0.324 e. The van der Waals surface area contributed by atoms with Gasteiger partial charge in [0.15, 0.2) is 10.8 Å². The molecule has 0 unspecified atom stereocenters. The maximum atomic E-state index is 13.8. The summed E-state index contributed by atoms with van der Waals surface area (Å²) in [7, 11) is -18.3. The molecule has 0 radical (unpaired) electrons. The molecule has 4 N–H and O–H groups in total. The van der Waals surface area contributed by atoms with Crippen LogP contribution in [0, 0.1) is 0 Å². The molecule has 12 nitrogen and oxygen atoms in total. The molecule has 0 aliphatic rings. The highest BCUT2D eigenvalue weighted by Gasteiger charge is 2.52. The fourth-order valence-corrected chi connectivity index (χ4v) is 12.0. The molecule has 0 aliphatic carbocycles. The summed E-state index contributed by atoms with van der Waals surface area (Å²) in [6.45, 7) is 6.63. The Hall–Kier alpha value is -0.960. The summed E-state index contributed by atoms with van der Waals surface area (Å²) in [6.07, 6.45) is 0. The Morgan fingerprint density at radius 2 is 0.789 bits per heavy atom. The number of hydrogen-bond donors (Lipinski definition) is 4. The lowest BCUT2D eigenvalue weighted by atomic mass is 10.0. The van der Waals surface area contributed by atoms with Crippen LogP contribution in [0.4, 0.5) is 0 Å². The van der Waals surface area contributed by atoms with Gasteiger partial charge in [0.25, 0.3) is 0 Å². The zero-order valence-corrected chi connectivity index (χ0v) is 25.0. The molecule has 0 spiro atoms. The van der Waals surface area contributed by atoms with E-state index in [0.29, 0.717) is 16.7 Å². The van der Waals surface area contributed by atoms with Crippen molar-refractivity contribution in [2.24, 2.45) is 0 Å². The molecule has 0 amide bonds. The van der Waals surface area contributed by atoms with Gasteiger partial charge in [-0.2, -0.15) is 0 Å². The van der Waals surface area contributed by atoms with Crippen molar-refractivity contribution in [1.82, 2.24) is 0 Å². The van der Waals surface area contributed by atoms with E-state index in [-0.39, 0.29) is 32.0 Å². The minimum atomic E-state index is -5.14. The van der Waals surface area contributed by atoms with E-state index in [2.05, 4.69) is 0 Å². The average Bonchev–Trinajstić information content (AvgIpc) is 2.79. The van der Waals surface area contributed by atoms with Crippen LogP contribution in [-0.2, 0) is 36.4 Å². The topological polar surface area (TPSA) is 186 Å². The van der Waals surface area contributed by atoms with E-state index in [4.69, 9.17) is 18.1 Å². The second kappa shape index (κ2) is 13.6. The van der Waals surface area contributed by atoms with Gasteiger partial charge in [0, 0.05) is 0 Å². The molecule has 38 heavy (non-hydrogen) atoms. The van der Waals surface area contributed by atoms with Gasteiger partial charge >= 0.3 is 30.4 Å². The summed E-state index contributed by atoms with van der Waals surface area (Å²) in [6, 6.07) is 11.8. The summed E-state index contributed by atoms with van der Waals surface area (Å²) in [5.41, 5.74) is 1.27. The SMILES string of the molecule is CCOP(=O)(OCC)C(c1ccc(-c2ccc(C(P(=O)(O)O)P(=O)(O)O)cc2)cc1)P(=O)(OCC)OCC. The van der Waals surface area contributed by atoms with Crippen molar-refractivity contribution < 1.29 is 55.9 Å². The molecule has 2 aromatic rings. The number of benzene rings is 2. The first-order valence-corrected chi connectivity index (χ1v) is 18.3. The van der Waals surface area contributed by atoms with Gasteiger partial charge in [-0.1, -0.05) is 48.5 Å². The van der Waals surface area contributed by atoms with Crippen LogP contribution >= 0.6 is 30.4 Å². The van der Waals surface area contributed by atoms with Crippen LogP contribution in [0.3, 0.4) is 0 Å². The van der Waals surface area contributed by atoms with Gasteiger partial charge in [0.2, 0.25) is 0 Å². The monoisotopic (exact) mass is 614 g/mol. The summed E-state index contributed by atoms with van der Waals surface area (Å²) >= 11 is 0. The lowest BCUT2D eigenvalue weighted by Crippen LogP contribution is -2.11. The van der Waals surface area contributed by atoms with Crippen LogP contribution < -0.4 is 0 Å². The van der Waals surface area contributed by atoms with Gasteiger partial charge < -0.3 is 37.7 Å². The first kappa shape index (κ1) is 33.2. The van der Waals surface area contributed by atoms with E-state index in [1.807, 2.05) is 0 Å². The van der Waals surface area contributed by atoms with Crippen LogP contribution in [0.25, 0.3) is 11.1 Å². The van der Waals surface area contributed by atoms with Crippen molar-refractivity contribution in [3.8, 4) is 11.1 Å². The van der Waals surface area contributed by atoms with Crippen molar-refractivity contribution >= 4 is 30.4 Å². The van der Waals surface area contributed by atoms with Crippen molar-refractivity contribution in [3.05, 3.63) is 59.7 Å². The third-order valence-electron chi connectivity index (χ3n) is 5.22. The van der Waals surface area contributed by atoms with Gasteiger partial charge in [-0.3, -0.25) is 18.3 Å². The Balaban J connectivity index is 2.55. The zero-order valence-electron chi connectivity index (χ0n) is 21.4. The van der Waals surface area contributed by atoms with Gasteiger partial charge in [-0.05, 0) is 49.9 Å². The number of rotatable bonds is 15. The minimum Gasteiger partial charge on any atom is -0.324 e. The fourth-order valence-electron chi connectivity index (χ4n) is 3.89. The molecule has 214 valence electrons. The van der Waals surface area contributed by atoms with Gasteiger partial charge in [-0.15, -0.1) is 0 Å². The highest BCUT2D eigenvalue weighted by atomic mass is 31.2. The summed E-state index contributed by atoms with van der Waals surface area (Å²) in [5.74, 6) is 0. The molecule has 0 aliphatic heterocycles. The molecule has 0 bridgehead atoms. The molecular weight excluding hydrogens is 580 g/mol. The minimum absolute atomic E-state index is 0.0284. The van der Waals surface area contributed by atoms with Crippen molar-refractivity contribution in [1.29, 1.82) is 0 Å². The molecule has 0 saturated heterocycles. The van der Waals surface area contributed by atoms with Crippen LogP contribution in [0.15, 0.2) is 48.5 Å². The Bertz CT molecular complexity index is 1160. The highest BCUT2D eigenvalue weighted by Crippen LogP contribution is 2.78. The third kappa shape index (κ3) is 8.05. The van der Waals surface area contributed by atoms with Crippen molar-refractivity contribution in [2.45, 2.75) is 38.5 Å². The molecule has 2 aromatic carbocycles. The predicted molar refractivity (Wildman–Crippen MR) is 143 cm³/mol. The zero-order chi connectivity index (χ0) is 28.8. The quantitative estimate of drug-likeness (QED) is 0.166. The van der Waals surface area contributed by atoms with Gasteiger partial charge in [0.1, 0.15) is 0 Å². The first-order chi connectivity index (χ1) is 17.7. The first-order valence-electron chi connectivity index (χ1n) is 11.7. The van der Waals surface area contributed by atoms with E-state index >= 15 is 0 Å². The Kier molecular flexibility index (Phi) is 11.9. The third-order valence-corrected chi connectivity index (χ3v) is 14.9. The molecule has 2 rings (SSSR count). The normalized spacial score (nSPS) is 13.4. The van der Waals surface area contributed by atoms with E-state index in [1.165, 1.54) is 24.3 Å². The second-order valence-corrected chi connectivity index (χ2v) is 16.3. The number of hydrogen-bond acceptors (Lipinski definition) is 8. The van der Waals surface area contributed by atoms with Crippen molar-refractivity contribution in [3.63, 3.8) is 0 Å². The maximum absolute atomic E-state index is 13.8. The van der Waals surface area contributed by atoms with Crippen LogP contribution in [0.1, 0.15) is 49.6 Å². The van der Waals surface area contributed by atoms with Crippen molar-refractivity contribution in [2.75, 3.05) is 26.4 Å². The lowest BCUT2D eigenvalue weighted by molar-refractivity contribution is 0.195. The molecule has 0 heterocycles. The standard InChI is InChI=1S/C22H34O12P4/c1-5-31-37(29,32-6-2)22(38(30,33-7-3)34-8-4)20-15-11-18(12-16-20)17-9-13-19(14-10-17)21(35(23,24)25)36(26,27)28/h9-16,21-22H,5-8H2,1-4H3,(H2,23,24,25)(H2,26,27,28). The predicted octanol–water partition coefficient (Wildman–Crippen LogP) is 6.24. The van der Waals surface area contributed by atoms with Crippen LogP contribution in [-0.4, -0.2) is 46.0 Å². The molecule has 0 aromatic heterocycles. The largest absolute Gasteiger partial charge is 0.350 e. The van der Waals surface area contributed by atoms with E-state index < -0.39 is 41.2 Å². The maximum Gasteiger partial charge on any atom is 0.350 e. The molecule has 0 saturated carbocycles. The van der Waals surface area contributed by atoms with Gasteiger partial charge in [-0.25, -0.2) is 0 Å². The molecule has 0 fully saturated rings. The molecule has 16 heteroatoms. The average molecular weight is 614 g/mol. The van der Waals surface area contributed by atoms with Gasteiger partial charge in [0.05, 0.1) is 26.4 Å². The van der Waals surface area contributed by atoms with E-state index in [0.717, 1.165) is 0 Å². The lowest BCUT2D eigenvalue weighted by Gasteiger charge is -2.31. The Morgan fingerprint density at radius 3 is 1.03 bits per heavy atom. The van der Waals surface area contributed by atoms with Crippen LogP contribution in [0.2, 0.25) is 0 Å². The van der Waals surface area contributed by atoms with E-state index in [9.17, 15) is 37.8 Å². The summed E-state index contributed by atoms with van der Waals surface area (Å²) in [5, 5.41) is -3.64. The highest BCUT2D eigenvalue weighted by molar-refractivity contribution is 7.72. The second-order valence-electron chi connectivity index (χ2n) is 7.92. The fraction of sp³-hybridized carbons (Fsp3) is 0.455. The summed E-state index contributed by atoms with van der Waals surface area (Å²) < 4.78 is 73.1. The Labute approximate surface area is 222 Å². The Morgan fingerprint density at radius 1 is 0.526 bits per heavy atom. The molecular formula is C22H34O12P4. The molecule has 0 atom stereocenters. The van der Waals surface area contributed by atoms with Crippen LogP contribution in [0.5, 0.6) is 0 Å².